The fourth-order valence-corrected chi connectivity index (χ4v) is 4.75. The molecule has 0 saturated carbocycles. The third kappa shape index (κ3) is 5.33. The summed E-state index contributed by atoms with van der Waals surface area (Å²) in [5.74, 6) is 0.398. The second kappa shape index (κ2) is 8.75. The molecule has 1 amide bonds. The summed E-state index contributed by atoms with van der Waals surface area (Å²) in [5.41, 5.74) is 1.79. The van der Waals surface area contributed by atoms with Gasteiger partial charge in [-0.15, -0.1) is 0 Å². The highest BCUT2D eigenvalue weighted by Crippen LogP contribution is 2.20. The third-order valence-electron chi connectivity index (χ3n) is 4.49. The van der Waals surface area contributed by atoms with Gasteiger partial charge < -0.3 is 10.1 Å². The number of hydrogen-bond donors (Lipinski definition) is 1. The quantitative estimate of drug-likeness (QED) is 0.767. The predicted molar refractivity (Wildman–Crippen MR) is 110 cm³/mol. The van der Waals surface area contributed by atoms with E-state index in [9.17, 15) is 13.2 Å². The van der Waals surface area contributed by atoms with E-state index >= 15 is 0 Å². The van der Waals surface area contributed by atoms with E-state index in [1.54, 1.807) is 40.7 Å². The van der Waals surface area contributed by atoms with Crippen LogP contribution in [0.5, 0.6) is 5.75 Å². The second-order valence-electron chi connectivity index (χ2n) is 7.21. The maximum atomic E-state index is 12.5. The van der Waals surface area contributed by atoms with Crippen LogP contribution in [0.25, 0.3) is 0 Å². The molecular weight excluding hydrogens is 376 g/mol. The van der Waals surface area contributed by atoms with Gasteiger partial charge in [0.25, 0.3) is 5.91 Å². The van der Waals surface area contributed by atoms with Gasteiger partial charge in [-0.2, -0.15) is 0 Å². The maximum Gasteiger partial charge on any atom is 0.255 e. The summed E-state index contributed by atoms with van der Waals surface area (Å²) in [6.07, 6.45) is 1.89. The Kier molecular flexibility index (Phi) is 6.36. The number of hydrogen-bond acceptors (Lipinski definition) is 4. The molecule has 7 heteroatoms. The molecule has 0 atom stereocenters. The lowest BCUT2D eigenvalue weighted by atomic mass is 10.1. The Bertz CT molecular complexity index is 918. The summed E-state index contributed by atoms with van der Waals surface area (Å²) >= 11 is 0. The van der Waals surface area contributed by atoms with E-state index in [0.717, 1.165) is 12.8 Å². The zero-order valence-corrected chi connectivity index (χ0v) is 17.0. The van der Waals surface area contributed by atoms with Crippen LogP contribution in [-0.4, -0.2) is 37.8 Å². The van der Waals surface area contributed by atoms with Crippen molar-refractivity contribution >= 4 is 21.6 Å². The van der Waals surface area contributed by atoms with Crippen LogP contribution in [0, 0.1) is 0 Å². The molecule has 1 fully saturated rings. The first-order valence-electron chi connectivity index (χ1n) is 9.48. The molecule has 28 heavy (non-hydrogen) atoms. The van der Waals surface area contributed by atoms with Crippen LogP contribution in [0.1, 0.15) is 42.6 Å². The van der Waals surface area contributed by atoms with Crippen LogP contribution >= 0.6 is 0 Å². The molecule has 6 nitrogen and oxygen atoms in total. The number of rotatable bonds is 7. The van der Waals surface area contributed by atoms with Crippen molar-refractivity contribution in [2.45, 2.75) is 38.5 Å². The topological polar surface area (TPSA) is 75.7 Å². The van der Waals surface area contributed by atoms with Crippen molar-refractivity contribution in [3.05, 3.63) is 59.7 Å². The van der Waals surface area contributed by atoms with Gasteiger partial charge in [0.1, 0.15) is 5.75 Å². The van der Waals surface area contributed by atoms with Gasteiger partial charge in [0.05, 0.1) is 11.9 Å². The SMILES string of the molecule is CC(C)Oc1cccc(NC(=O)c2ccc(CS(=O)(=O)N3CCCC3)cc2)c1. The second-order valence-corrected chi connectivity index (χ2v) is 9.18. The molecule has 0 radical (unpaired) electrons. The molecular formula is C21H26N2O4S. The number of anilines is 1. The Hall–Kier alpha value is -2.38. The smallest absolute Gasteiger partial charge is 0.255 e. The fraction of sp³-hybridized carbons (Fsp3) is 0.381. The van der Waals surface area contributed by atoms with Gasteiger partial charge in [-0.1, -0.05) is 18.2 Å². The molecule has 150 valence electrons. The van der Waals surface area contributed by atoms with Crippen LogP contribution in [0.3, 0.4) is 0 Å². The first kappa shape index (κ1) is 20.4. The van der Waals surface area contributed by atoms with E-state index in [4.69, 9.17) is 4.74 Å². The molecule has 1 N–H and O–H groups in total. The molecule has 1 aliphatic heterocycles. The highest BCUT2D eigenvalue weighted by atomic mass is 32.2. The first-order chi connectivity index (χ1) is 13.3. The maximum absolute atomic E-state index is 12.5. The summed E-state index contributed by atoms with van der Waals surface area (Å²) in [7, 11) is -3.29. The number of benzene rings is 2. The predicted octanol–water partition coefficient (Wildman–Crippen LogP) is 3.65. The minimum atomic E-state index is -3.29. The lowest BCUT2D eigenvalue weighted by molar-refractivity contribution is 0.102. The number of amides is 1. The van der Waals surface area contributed by atoms with Crippen LogP contribution in [0.15, 0.2) is 48.5 Å². The number of nitrogens with one attached hydrogen (secondary N) is 1. The van der Waals surface area contributed by atoms with Gasteiger partial charge in [0.15, 0.2) is 0 Å². The van der Waals surface area contributed by atoms with E-state index in [1.165, 1.54) is 0 Å². The highest BCUT2D eigenvalue weighted by molar-refractivity contribution is 7.88. The summed E-state index contributed by atoms with van der Waals surface area (Å²) in [4.78, 5) is 12.5. The normalized spacial score (nSPS) is 15.0. The molecule has 2 aromatic rings. The van der Waals surface area contributed by atoms with Gasteiger partial charge in [-0.3, -0.25) is 4.79 Å². The van der Waals surface area contributed by atoms with E-state index in [0.29, 0.717) is 35.7 Å². The lowest BCUT2D eigenvalue weighted by Crippen LogP contribution is -2.29. The molecule has 0 aromatic heterocycles. The van der Waals surface area contributed by atoms with Crippen LogP contribution in [0.4, 0.5) is 5.69 Å². The molecule has 1 saturated heterocycles. The van der Waals surface area contributed by atoms with Gasteiger partial charge in [0, 0.05) is 30.4 Å². The van der Waals surface area contributed by atoms with Crippen LogP contribution in [0.2, 0.25) is 0 Å². The van der Waals surface area contributed by atoms with Crippen LogP contribution < -0.4 is 10.1 Å². The van der Waals surface area contributed by atoms with Crippen molar-refractivity contribution in [2.75, 3.05) is 18.4 Å². The summed E-state index contributed by atoms with van der Waals surface area (Å²) in [6, 6.07) is 13.9. The first-order valence-corrected chi connectivity index (χ1v) is 11.1. The van der Waals surface area contributed by atoms with Crippen molar-refractivity contribution in [1.82, 2.24) is 4.31 Å². The van der Waals surface area contributed by atoms with Crippen molar-refractivity contribution in [3.63, 3.8) is 0 Å². The van der Waals surface area contributed by atoms with E-state index in [2.05, 4.69) is 5.32 Å². The number of ether oxygens (including phenoxy) is 1. The number of carbonyl (C=O) groups excluding carboxylic acids is 1. The highest BCUT2D eigenvalue weighted by Gasteiger charge is 2.25. The van der Waals surface area contributed by atoms with E-state index in [-0.39, 0.29) is 17.8 Å². The van der Waals surface area contributed by atoms with Crippen molar-refractivity contribution in [2.24, 2.45) is 0 Å². The lowest BCUT2D eigenvalue weighted by Gasteiger charge is -2.15. The average molecular weight is 403 g/mol. The Morgan fingerprint density at radius 1 is 1.11 bits per heavy atom. The van der Waals surface area contributed by atoms with Crippen LogP contribution in [-0.2, 0) is 15.8 Å². The molecule has 0 aliphatic carbocycles. The molecule has 2 aromatic carbocycles. The number of carbonyl (C=O) groups is 1. The Morgan fingerprint density at radius 2 is 1.79 bits per heavy atom. The molecule has 0 unspecified atom stereocenters. The minimum Gasteiger partial charge on any atom is -0.491 e. The molecule has 0 spiro atoms. The minimum absolute atomic E-state index is 0.0382. The van der Waals surface area contributed by atoms with Gasteiger partial charge in [-0.25, -0.2) is 12.7 Å². The van der Waals surface area contributed by atoms with Crippen molar-refractivity contribution in [1.29, 1.82) is 0 Å². The van der Waals surface area contributed by atoms with Gasteiger partial charge >= 0.3 is 0 Å². The monoisotopic (exact) mass is 402 g/mol. The molecule has 0 bridgehead atoms. The zero-order chi connectivity index (χ0) is 20.1. The number of nitrogens with zero attached hydrogens (tertiary/aromatic N) is 1. The van der Waals surface area contributed by atoms with E-state index in [1.807, 2.05) is 26.0 Å². The molecule has 1 aliphatic rings. The Morgan fingerprint density at radius 3 is 2.43 bits per heavy atom. The summed E-state index contributed by atoms with van der Waals surface area (Å²) in [5, 5.41) is 2.84. The zero-order valence-electron chi connectivity index (χ0n) is 16.2. The largest absolute Gasteiger partial charge is 0.491 e. The fourth-order valence-electron chi connectivity index (χ4n) is 3.14. The average Bonchev–Trinajstić information content (AvgIpc) is 3.17. The molecule has 3 rings (SSSR count). The van der Waals surface area contributed by atoms with Gasteiger partial charge in [0.2, 0.25) is 10.0 Å². The van der Waals surface area contributed by atoms with Crippen molar-refractivity contribution in [3.8, 4) is 5.75 Å². The van der Waals surface area contributed by atoms with Gasteiger partial charge in [-0.05, 0) is 56.5 Å². The third-order valence-corrected chi connectivity index (χ3v) is 6.34. The van der Waals surface area contributed by atoms with E-state index < -0.39 is 10.0 Å². The summed E-state index contributed by atoms with van der Waals surface area (Å²) in [6.45, 7) is 5.08. The van der Waals surface area contributed by atoms with Crippen molar-refractivity contribution < 1.29 is 17.9 Å². The molecule has 1 heterocycles. The standard InChI is InChI=1S/C21H26N2O4S/c1-16(2)27-20-7-5-6-19(14-20)22-21(24)18-10-8-17(9-11-18)15-28(25,26)23-12-3-4-13-23/h5-11,14,16H,3-4,12-13,15H2,1-2H3,(H,22,24). The summed E-state index contributed by atoms with van der Waals surface area (Å²) < 4.78 is 32.0. The Balaban J connectivity index is 1.64. The Labute approximate surface area is 166 Å². The number of sulfonamides is 1.